The minimum Gasteiger partial charge on any atom is -0.462 e. The fourth-order valence-corrected chi connectivity index (χ4v) is 1.85. The molecule has 1 saturated heterocycles. The highest BCUT2D eigenvalue weighted by molar-refractivity contribution is 5.76. The number of carbonyl (C=O) groups is 1. The summed E-state index contributed by atoms with van der Waals surface area (Å²) in [4.78, 5) is 11.2. The topological polar surface area (TPSA) is 26.3 Å². The average Bonchev–Trinajstić information content (AvgIpc) is 2.54. The van der Waals surface area contributed by atoms with Crippen molar-refractivity contribution < 1.29 is 9.53 Å². The van der Waals surface area contributed by atoms with Crippen LogP contribution in [0.15, 0.2) is 12.7 Å². The van der Waals surface area contributed by atoms with Crippen molar-refractivity contribution in [3.63, 3.8) is 0 Å². The molecule has 2 heteroatoms. The van der Waals surface area contributed by atoms with Crippen LogP contribution in [0.5, 0.6) is 0 Å². The summed E-state index contributed by atoms with van der Waals surface area (Å²) in [6.07, 6.45) is 8.69. The number of esters is 1. The van der Waals surface area contributed by atoms with Gasteiger partial charge in [0.2, 0.25) is 0 Å². The van der Waals surface area contributed by atoms with Crippen LogP contribution in [0.3, 0.4) is 0 Å². The first kappa shape index (κ1) is 11.3. The summed E-state index contributed by atoms with van der Waals surface area (Å²) in [7, 11) is 0. The van der Waals surface area contributed by atoms with Crippen molar-refractivity contribution in [1.82, 2.24) is 0 Å². The third-order valence-electron chi connectivity index (χ3n) is 2.77. The molecule has 0 N–H and O–H groups in total. The zero-order valence-electron chi connectivity index (χ0n) is 9.00. The van der Waals surface area contributed by atoms with Crippen LogP contribution >= 0.6 is 0 Å². The number of ether oxygens (including phenoxy) is 1. The van der Waals surface area contributed by atoms with E-state index >= 15 is 0 Å². The molecule has 2 unspecified atom stereocenters. The predicted molar refractivity (Wildman–Crippen MR) is 56.9 cm³/mol. The van der Waals surface area contributed by atoms with Crippen molar-refractivity contribution in [2.24, 2.45) is 5.92 Å². The molecular weight excluding hydrogens is 176 g/mol. The zero-order chi connectivity index (χ0) is 10.4. The second-order valence-electron chi connectivity index (χ2n) is 3.99. The molecule has 1 aliphatic heterocycles. The number of cyclic esters (lactones) is 1. The minimum absolute atomic E-state index is 0.0498. The molecule has 0 radical (unpaired) electrons. The van der Waals surface area contributed by atoms with Gasteiger partial charge < -0.3 is 4.74 Å². The van der Waals surface area contributed by atoms with Crippen LogP contribution in [0, 0.1) is 5.92 Å². The summed E-state index contributed by atoms with van der Waals surface area (Å²) in [6, 6.07) is 0. The lowest BCUT2D eigenvalue weighted by Crippen LogP contribution is -2.06. The van der Waals surface area contributed by atoms with E-state index in [1.807, 2.05) is 0 Å². The first-order chi connectivity index (χ1) is 6.77. The lowest BCUT2D eigenvalue weighted by molar-refractivity contribution is -0.143. The van der Waals surface area contributed by atoms with Crippen molar-refractivity contribution in [3.8, 4) is 0 Å². The van der Waals surface area contributed by atoms with Crippen LogP contribution in [0.2, 0.25) is 0 Å². The van der Waals surface area contributed by atoms with E-state index in [0.29, 0.717) is 0 Å². The molecule has 0 saturated carbocycles. The van der Waals surface area contributed by atoms with Crippen molar-refractivity contribution in [2.75, 3.05) is 0 Å². The fourth-order valence-electron chi connectivity index (χ4n) is 1.85. The van der Waals surface area contributed by atoms with Gasteiger partial charge in [-0.15, -0.1) is 6.58 Å². The van der Waals surface area contributed by atoms with E-state index in [4.69, 9.17) is 4.74 Å². The van der Waals surface area contributed by atoms with Gasteiger partial charge in [0.1, 0.15) is 6.10 Å². The number of hydrogen-bond donors (Lipinski definition) is 0. The lowest BCUT2D eigenvalue weighted by atomic mass is 10.0. The Kier molecular flexibility index (Phi) is 4.71. The van der Waals surface area contributed by atoms with E-state index in [2.05, 4.69) is 13.5 Å². The van der Waals surface area contributed by atoms with Crippen molar-refractivity contribution >= 4 is 5.97 Å². The van der Waals surface area contributed by atoms with Crippen molar-refractivity contribution in [2.45, 2.75) is 51.6 Å². The first-order valence-corrected chi connectivity index (χ1v) is 5.61. The first-order valence-electron chi connectivity index (χ1n) is 5.61. The van der Waals surface area contributed by atoms with Gasteiger partial charge in [-0.3, -0.25) is 4.79 Å². The van der Waals surface area contributed by atoms with Gasteiger partial charge in [-0.25, -0.2) is 0 Å². The number of carbonyl (C=O) groups excluding carboxylic acids is 1. The van der Waals surface area contributed by atoms with E-state index in [9.17, 15) is 4.79 Å². The summed E-state index contributed by atoms with van der Waals surface area (Å²) >= 11 is 0. The van der Waals surface area contributed by atoms with E-state index < -0.39 is 0 Å². The smallest absolute Gasteiger partial charge is 0.313 e. The fraction of sp³-hybridized carbons (Fsp3) is 0.750. The molecule has 14 heavy (non-hydrogen) atoms. The quantitative estimate of drug-likeness (QED) is 0.371. The lowest BCUT2D eigenvalue weighted by Gasteiger charge is -2.07. The van der Waals surface area contributed by atoms with Gasteiger partial charge in [-0.05, 0) is 12.8 Å². The molecule has 80 valence electrons. The molecule has 0 aromatic carbocycles. The second-order valence-corrected chi connectivity index (χ2v) is 3.99. The average molecular weight is 196 g/mol. The van der Waals surface area contributed by atoms with Crippen LogP contribution < -0.4 is 0 Å². The third kappa shape index (κ3) is 3.17. The SMILES string of the molecule is C=CC1CC(CCCCCC)OC1=O. The highest BCUT2D eigenvalue weighted by atomic mass is 16.5. The Morgan fingerprint density at radius 1 is 1.50 bits per heavy atom. The molecule has 1 aliphatic rings. The Morgan fingerprint density at radius 2 is 2.29 bits per heavy atom. The maximum Gasteiger partial charge on any atom is 0.313 e. The maximum absolute atomic E-state index is 11.2. The highest BCUT2D eigenvalue weighted by Crippen LogP contribution is 2.25. The monoisotopic (exact) mass is 196 g/mol. The van der Waals surface area contributed by atoms with Crippen LogP contribution in [0.25, 0.3) is 0 Å². The Morgan fingerprint density at radius 3 is 2.86 bits per heavy atom. The highest BCUT2D eigenvalue weighted by Gasteiger charge is 2.31. The molecule has 1 heterocycles. The summed E-state index contributed by atoms with van der Waals surface area (Å²) in [5.74, 6) is -0.133. The summed E-state index contributed by atoms with van der Waals surface area (Å²) in [5.41, 5.74) is 0. The molecule has 1 rings (SSSR count). The molecule has 0 aromatic rings. The molecule has 2 atom stereocenters. The Bertz CT molecular complexity index is 198. The summed E-state index contributed by atoms with van der Waals surface area (Å²) in [5, 5.41) is 0. The van der Waals surface area contributed by atoms with Gasteiger partial charge in [0.05, 0.1) is 5.92 Å². The van der Waals surface area contributed by atoms with Crippen LogP contribution in [0.4, 0.5) is 0 Å². The Hall–Kier alpha value is -0.790. The van der Waals surface area contributed by atoms with Gasteiger partial charge in [-0.2, -0.15) is 0 Å². The maximum atomic E-state index is 11.2. The van der Waals surface area contributed by atoms with E-state index in [1.165, 1.54) is 25.7 Å². The standard InChI is InChI=1S/C12H20O2/c1-3-5-6-7-8-11-9-10(4-2)12(13)14-11/h4,10-11H,2-3,5-9H2,1H3. The molecule has 1 fully saturated rings. The number of hydrogen-bond acceptors (Lipinski definition) is 2. The molecular formula is C12H20O2. The molecule has 0 aliphatic carbocycles. The number of unbranched alkanes of at least 4 members (excludes halogenated alkanes) is 3. The molecule has 0 aromatic heterocycles. The van der Waals surface area contributed by atoms with Crippen molar-refractivity contribution in [1.29, 1.82) is 0 Å². The van der Waals surface area contributed by atoms with Gasteiger partial charge >= 0.3 is 5.97 Å². The van der Waals surface area contributed by atoms with Gasteiger partial charge in [0.15, 0.2) is 0 Å². The minimum atomic E-state index is -0.0829. The van der Waals surface area contributed by atoms with E-state index in [1.54, 1.807) is 6.08 Å². The summed E-state index contributed by atoms with van der Waals surface area (Å²) < 4.78 is 5.23. The number of rotatable bonds is 6. The van der Waals surface area contributed by atoms with Crippen LogP contribution in [-0.2, 0) is 9.53 Å². The summed E-state index contributed by atoms with van der Waals surface area (Å²) in [6.45, 7) is 5.83. The van der Waals surface area contributed by atoms with E-state index in [-0.39, 0.29) is 18.0 Å². The van der Waals surface area contributed by atoms with Gasteiger partial charge in [0.25, 0.3) is 0 Å². The third-order valence-corrected chi connectivity index (χ3v) is 2.77. The zero-order valence-corrected chi connectivity index (χ0v) is 9.00. The predicted octanol–water partition coefficient (Wildman–Crippen LogP) is 3.07. The van der Waals surface area contributed by atoms with Crippen molar-refractivity contribution in [3.05, 3.63) is 12.7 Å². The Labute approximate surface area is 86.3 Å². The normalized spacial score (nSPS) is 26.2. The molecule has 2 nitrogen and oxygen atoms in total. The molecule has 0 amide bonds. The van der Waals surface area contributed by atoms with E-state index in [0.717, 1.165) is 12.8 Å². The Balaban J connectivity index is 2.15. The molecule has 0 spiro atoms. The van der Waals surface area contributed by atoms with Gasteiger partial charge in [-0.1, -0.05) is 32.3 Å². The van der Waals surface area contributed by atoms with Crippen LogP contribution in [-0.4, -0.2) is 12.1 Å². The van der Waals surface area contributed by atoms with Crippen LogP contribution in [0.1, 0.15) is 45.4 Å². The second kappa shape index (κ2) is 5.84. The van der Waals surface area contributed by atoms with Gasteiger partial charge in [0, 0.05) is 6.42 Å². The largest absolute Gasteiger partial charge is 0.462 e. The molecule has 0 bridgehead atoms.